The van der Waals surface area contributed by atoms with E-state index >= 15 is 0 Å². The van der Waals surface area contributed by atoms with Crippen LogP contribution in [0, 0.1) is 11.6 Å². The van der Waals surface area contributed by atoms with Crippen LogP contribution < -0.4 is 0 Å². The third-order valence-corrected chi connectivity index (χ3v) is 5.75. The van der Waals surface area contributed by atoms with Gasteiger partial charge in [0.2, 0.25) is 0 Å². The number of fused-ring (bicyclic) bond motifs is 1. The van der Waals surface area contributed by atoms with E-state index in [9.17, 15) is 17.2 Å². The zero-order valence-corrected chi connectivity index (χ0v) is 12.6. The summed E-state index contributed by atoms with van der Waals surface area (Å²) in [5.41, 5.74) is 0.278. The third kappa shape index (κ3) is 2.64. The Kier molecular flexibility index (Phi) is 3.65. The van der Waals surface area contributed by atoms with Gasteiger partial charge in [-0.2, -0.15) is 0 Å². The molecule has 1 atom stereocenters. The van der Waals surface area contributed by atoms with Crippen molar-refractivity contribution >= 4 is 32.5 Å². The molecule has 0 spiro atoms. The van der Waals surface area contributed by atoms with Gasteiger partial charge >= 0.3 is 0 Å². The van der Waals surface area contributed by atoms with Gasteiger partial charge in [-0.25, -0.2) is 22.2 Å². The van der Waals surface area contributed by atoms with Crippen molar-refractivity contribution in [3.63, 3.8) is 0 Å². The van der Waals surface area contributed by atoms with E-state index in [0.29, 0.717) is 18.7 Å². The Labute approximate surface area is 125 Å². The maximum absolute atomic E-state index is 13.8. The van der Waals surface area contributed by atoms with Gasteiger partial charge in [-0.05, 0) is 18.9 Å². The first kappa shape index (κ1) is 14.7. The topological polar surface area (TPSA) is 52.0 Å². The van der Waals surface area contributed by atoms with Gasteiger partial charge in [-0.15, -0.1) is 11.6 Å². The van der Waals surface area contributed by atoms with Crippen molar-refractivity contribution in [2.45, 2.75) is 24.8 Å². The predicted octanol–water partition coefficient (Wildman–Crippen LogP) is 2.80. The number of hydrogen-bond acceptors (Lipinski definition) is 3. The lowest BCUT2D eigenvalue weighted by Crippen LogP contribution is -2.28. The Balaban J connectivity index is 2.20. The largest absolute Gasteiger partial charge is 0.323 e. The fraction of sp³-hybridized carbons (Fsp3) is 0.462. The van der Waals surface area contributed by atoms with Crippen LogP contribution in [-0.2, 0) is 15.7 Å². The van der Waals surface area contributed by atoms with Gasteiger partial charge < -0.3 is 4.57 Å². The van der Waals surface area contributed by atoms with E-state index in [2.05, 4.69) is 4.98 Å². The summed E-state index contributed by atoms with van der Waals surface area (Å²) in [4.78, 5) is 4.09. The molecule has 0 saturated carbocycles. The second-order valence-electron chi connectivity index (χ2n) is 5.20. The lowest BCUT2D eigenvalue weighted by Gasteiger charge is -2.25. The van der Waals surface area contributed by atoms with Crippen LogP contribution in [0.4, 0.5) is 8.78 Å². The Hall–Kier alpha value is -1.21. The summed E-state index contributed by atoms with van der Waals surface area (Å²) < 4.78 is 52.5. The lowest BCUT2D eigenvalue weighted by atomic mass is 10.1. The van der Waals surface area contributed by atoms with Crippen LogP contribution in [0.5, 0.6) is 0 Å². The molecule has 1 unspecified atom stereocenters. The smallest absolute Gasteiger partial charge is 0.153 e. The van der Waals surface area contributed by atoms with Crippen molar-refractivity contribution in [3.05, 3.63) is 29.6 Å². The highest BCUT2D eigenvalue weighted by molar-refractivity contribution is 7.91. The third-order valence-electron chi connectivity index (χ3n) is 3.71. The molecule has 1 fully saturated rings. The fourth-order valence-electron chi connectivity index (χ4n) is 2.87. The number of imidazole rings is 1. The van der Waals surface area contributed by atoms with E-state index in [4.69, 9.17) is 11.6 Å². The molecule has 1 aliphatic rings. The maximum atomic E-state index is 13.8. The van der Waals surface area contributed by atoms with Gasteiger partial charge in [0.25, 0.3) is 0 Å². The molecule has 0 radical (unpaired) electrons. The van der Waals surface area contributed by atoms with E-state index in [1.165, 1.54) is 6.07 Å². The van der Waals surface area contributed by atoms with Crippen molar-refractivity contribution in [2.24, 2.45) is 0 Å². The monoisotopic (exact) mass is 334 g/mol. The first-order valence-corrected chi connectivity index (χ1v) is 8.89. The molecule has 2 aromatic rings. The van der Waals surface area contributed by atoms with Crippen molar-refractivity contribution < 1.29 is 17.2 Å². The molecule has 114 valence electrons. The normalized spacial score (nSPS) is 21.8. The molecule has 3 rings (SSSR count). The van der Waals surface area contributed by atoms with E-state index < -0.39 is 21.5 Å². The number of rotatable bonds is 2. The zero-order valence-electron chi connectivity index (χ0n) is 11.0. The van der Waals surface area contributed by atoms with Crippen molar-refractivity contribution in [2.75, 3.05) is 11.5 Å². The molecule has 1 aliphatic heterocycles. The summed E-state index contributed by atoms with van der Waals surface area (Å²) in [5, 5.41) is 0. The average Bonchev–Trinajstić information content (AvgIpc) is 2.76. The van der Waals surface area contributed by atoms with Crippen molar-refractivity contribution in [3.8, 4) is 0 Å². The van der Waals surface area contributed by atoms with E-state index in [0.717, 1.165) is 6.07 Å². The first-order chi connectivity index (χ1) is 9.91. The Morgan fingerprint density at radius 3 is 2.81 bits per heavy atom. The molecular formula is C13H13ClF2N2O2S. The van der Waals surface area contributed by atoms with E-state index in [1.54, 1.807) is 4.57 Å². The van der Waals surface area contributed by atoms with E-state index in [1.807, 2.05) is 0 Å². The van der Waals surface area contributed by atoms with E-state index in [-0.39, 0.29) is 34.5 Å². The van der Waals surface area contributed by atoms with Crippen LogP contribution >= 0.6 is 11.6 Å². The number of nitrogens with zero attached hydrogens (tertiary/aromatic N) is 2. The maximum Gasteiger partial charge on any atom is 0.153 e. The Morgan fingerprint density at radius 2 is 2.14 bits per heavy atom. The van der Waals surface area contributed by atoms with Gasteiger partial charge in [0.05, 0.1) is 22.9 Å². The van der Waals surface area contributed by atoms with Crippen LogP contribution in [-0.4, -0.2) is 29.5 Å². The number of aromatic nitrogens is 2. The predicted molar refractivity (Wildman–Crippen MR) is 76.1 cm³/mol. The van der Waals surface area contributed by atoms with Gasteiger partial charge in [-0.3, -0.25) is 0 Å². The van der Waals surface area contributed by atoms with Crippen LogP contribution in [0.15, 0.2) is 12.1 Å². The second-order valence-corrected chi connectivity index (χ2v) is 7.69. The SMILES string of the molecule is O=S1(=O)CCCC(n2c(CCl)nc3c(F)cc(F)cc32)C1. The zero-order chi connectivity index (χ0) is 15.2. The van der Waals surface area contributed by atoms with Gasteiger partial charge in [0.1, 0.15) is 17.2 Å². The fourth-order valence-corrected chi connectivity index (χ4v) is 4.74. The number of benzene rings is 1. The highest BCUT2D eigenvalue weighted by Crippen LogP contribution is 2.31. The minimum Gasteiger partial charge on any atom is -0.323 e. The molecule has 8 heteroatoms. The molecule has 4 nitrogen and oxygen atoms in total. The molecule has 1 aromatic heterocycles. The quantitative estimate of drug-likeness (QED) is 0.794. The van der Waals surface area contributed by atoms with Crippen molar-refractivity contribution in [1.29, 1.82) is 0 Å². The van der Waals surface area contributed by atoms with Crippen LogP contribution in [0.1, 0.15) is 24.7 Å². The summed E-state index contributed by atoms with van der Waals surface area (Å²) in [6.45, 7) is 0. The van der Waals surface area contributed by atoms with Crippen LogP contribution in [0.2, 0.25) is 0 Å². The first-order valence-electron chi connectivity index (χ1n) is 6.53. The molecule has 0 aliphatic carbocycles. The van der Waals surface area contributed by atoms with Crippen molar-refractivity contribution in [1.82, 2.24) is 9.55 Å². The molecule has 1 saturated heterocycles. The Morgan fingerprint density at radius 1 is 1.38 bits per heavy atom. The summed E-state index contributed by atoms with van der Waals surface area (Å²) >= 11 is 5.84. The molecule has 0 bridgehead atoms. The number of halogens is 3. The average molecular weight is 335 g/mol. The summed E-state index contributed by atoms with van der Waals surface area (Å²) in [5.74, 6) is -1.03. The number of sulfone groups is 1. The molecule has 0 N–H and O–H groups in total. The minimum absolute atomic E-state index is 0.00624. The summed E-state index contributed by atoms with van der Waals surface area (Å²) in [6, 6.07) is 1.54. The Bertz CT molecular complexity index is 804. The van der Waals surface area contributed by atoms with Gasteiger partial charge in [0, 0.05) is 12.1 Å². The van der Waals surface area contributed by atoms with Crippen LogP contribution in [0.25, 0.3) is 11.0 Å². The number of hydrogen-bond donors (Lipinski definition) is 0. The number of alkyl halides is 1. The summed E-state index contributed by atoms with van der Waals surface area (Å²) in [7, 11) is -3.15. The summed E-state index contributed by atoms with van der Waals surface area (Å²) in [6.07, 6.45) is 1.14. The molecule has 0 amide bonds. The van der Waals surface area contributed by atoms with Gasteiger partial charge in [-0.1, -0.05) is 0 Å². The standard InChI is InChI=1S/C13H13ClF2N2O2S/c14-6-12-17-13-10(16)4-8(15)5-11(13)18(12)9-2-1-3-21(19,20)7-9/h4-5,9H,1-3,6-7H2. The highest BCUT2D eigenvalue weighted by Gasteiger charge is 2.29. The minimum atomic E-state index is -3.15. The van der Waals surface area contributed by atoms with Crippen LogP contribution in [0.3, 0.4) is 0 Å². The highest BCUT2D eigenvalue weighted by atomic mass is 35.5. The second kappa shape index (κ2) is 5.21. The molecular weight excluding hydrogens is 322 g/mol. The lowest BCUT2D eigenvalue weighted by molar-refractivity contribution is 0.470. The van der Waals surface area contributed by atoms with Gasteiger partial charge in [0.15, 0.2) is 15.7 Å². The molecule has 2 heterocycles. The molecule has 1 aromatic carbocycles. The molecule has 21 heavy (non-hydrogen) atoms.